The van der Waals surface area contributed by atoms with Gasteiger partial charge in [-0.2, -0.15) is 0 Å². The highest BCUT2D eigenvalue weighted by molar-refractivity contribution is 5.89. The first-order valence-corrected chi connectivity index (χ1v) is 7.39. The molecule has 118 valence electrons. The largest absolute Gasteiger partial charge is 0.469 e. The van der Waals surface area contributed by atoms with Crippen LogP contribution in [0.4, 0.5) is 4.39 Å². The SMILES string of the molecule is COC(=O)[C@@H]1[C@H]2CC[C@@H](C[C@H]1OC(=O)c1ccc(F)cc1)N2. The van der Waals surface area contributed by atoms with Gasteiger partial charge in [-0.15, -0.1) is 0 Å². The van der Waals surface area contributed by atoms with Gasteiger partial charge in [-0.1, -0.05) is 0 Å². The van der Waals surface area contributed by atoms with Crippen LogP contribution in [0.2, 0.25) is 0 Å². The number of rotatable bonds is 3. The molecular weight excluding hydrogens is 289 g/mol. The molecule has 22 heavy (non-hydrogen) atoms. The summed E-state index contributed by atoms with van der Waals surface area (Å²) >= 11 is 0. The van der Waals surface area contributed by atoms with E-state index in [1.807, 2.05) is 0 Å². The standard InChI is InChI=1S/C16H18FNO4/c1-21-16(20)14-12-7-6-11(18-12)8-13(14)22-15(19)9-2-4-10(17)5-3-9/h2-5,11-14,18H,6-8H2,1H3/t11-,12+,13+,14+/m0/s1. The van der Waals surface area contributed by atoms with Crippen LogP contribution in [0.3, 0.4) is 0 Å². The average Bonchev–Trinajstić information content (AvgIpc) is 2.89. The van der Waals surface area contributed by atoms with Crippen LogP contribution in [-0.4, -0.2) is 37.2 Å². The van der Waals surface area contributed by atoms with E-state index in [-0.39, 0.29) is 23.6 Å². The van der Waals surface area contributed by atoms with E-state index >= 15 is 0 Å². The Bertz CT molecular complexity index is 574. The van der Waals surface area contributed by atoms with Crippen LogP contribution in [0.15, 0.2) is 24.3 Å². The lowest BCUT2D eigenvalue weighted by molar-refractivity contribution is -0.152. The molecule has 1 aromatic carbocycles. The molecule has 2 heterocycles. The molecule has 1 aromatic rings. The van der Waals surface area contributed by atoms with Crippen molar-refractivity contribution in [2.45, 2.75) is 37.5 Å². The van der Waals surface area contributed by atoms with Crippen LogP contribution in [-0.2, 0) is 14.3 Å². The van der Waals surface area contributed by atoms with Gasteiger partial charge >= 0.3 is 11.9 Å². The Morgan fingerprint density at radius 2 is 1.95 bits per heavy atom. The fourth-order valence-electron chi connectivity index (χ4n) is 3.37. The Morgan fingerprint density at radius 1 is 1.23 bits per heavy atom. The number of halogens is 1. The zero-order valence-electron chi connectivity index (χ0n) is 12.3. The topological polar surface area (TPSA) is 64.6 Å². The highest BCUT2D eigenvalue weighted by Gasteiger charge is 2.47. The lowest BCUT2D eigenvalue weighted by Crippen LogP contribution is -2.53. The van der Waals surface area contributed by atoms with Gasteiger partial charge in [-0.05, 0) is 37.1 Å². The minimum absolute atomic E-state index is 0.0165. The predicted octanol–water partition coefficient (Wildman–Crippen LogP) is 1.66. The van der Waals surface area contributed by atoms with E-state index in [0.29, 0.717) is 6.42 Å². The van der Waals surface area contributed by atoms with E-state index in [4.69, 9.17) is 9.47 Å². The number of piperidine rings is 1. The Morgan fingerprint density at radius 3 is 2.64 bits per heavy atom. The van der Waals surface area contributed by atoms with Gasteiger partial charge in [-0.25, -0.2) is 9.18 Å². The number of fused-ring (bicyclic) bond motifs is 2. The van der Waals surface area contributed by atoms with E-state index in [2.05, 4.69) is 5.32 Å². The lowest BCUT2D eigenvalue weighted by atomic mass is 9.89. The summed E-state index contributed by atoms with van der Waals surface area (Å²) in [6.45, 7) is 0. The average molecular weight is 307 g/mol. The zero-order chi connectivity index (χ0) is 15.7. The summed E-state index contributed by atoms with van der Waals surface area (Å²) in [6.07, 6.45) is 1.91. The minimum atomic E-state index is -0.541. The molecule has 0 saturated carbocycles. The van der Waals surface area contributed by atoms with Crippen molar-refractivity contribution in [2.24, 2.45) is 5.92 Å². The van der Waals surface area contributed by atoms with Crippen molar-refractivity contribution in [3.05, 3.63) is 35.6 Å². The molecule has 4 atom stereocenters. The fourth-order valence-corrected chi connectivity index (χ4v) is 3.37. The molecule has 2 bridgehead atoms. The molecule has 0 aromatic heterocycles. The van der Waals surface area contributed by atoms with Gasteiger partial charge in [0, 0.05) is 18.5 Å². The highest BCUT2D eigenvalue weighted by atomic mass is 19.1. The van der Waals surface area contributed by atoms with E-state index in [0.717, 1.165) is 12.8 Å². The van der Waals surface area contributed by atoms with Crippen molar-refractivity contribution >= 4 is 11.9 Å². The number of hydrogen-bond donors (Lipinski definition) is 1. The summed E-state index contributed by atoms with van der Waals surface area (Å²) in [6, 6.07) is 5.41. The van der Waals surface area contributed by atoms with Crippen molar-refractivity contribution in [3.8, 4) is 0 Å². The van der Waals surface area contributed by atoms with Crippen molar-refractivity contribution < 1.29 is 23.5 Å². The molecule has 5 nitrogen and oxygen atoms in total. The lowest BCUT2D eigenvalue weighted by Gasteiger charge is -2.35. The molecule has 3 rings (SSSR count). The number of methoxy groups -OCH3 is 1. The van der Waals surface area contributed by atoms with Gasteiger partial charge < -0.3 is 14.8 Å². The first-order valence-electron chi connectivity index (χ1n) is 7.39. The minimum Gasteiger partial charge on any atom is -0.469 e. The van der Waals surface area contributed by atoms with Crippen molar-refractivity contribution in [2.75, 3.05) is 7.11 Å². The maximum atomic E-state index is 12.9. The molecule has 2 aliphatic heterocycles. The quantitative estimate of drug-likeness (QED) is 0.861. The molecule has 0 radical (unpaired) electrons. The number of hydrogen-bond acceptors (Lipinski definition) is 5. The van der Waals surface area contributed by atoms with Crippen LogP contribution >= 0.6 is 0 Å². The Labute approximate surface area is 127 Å². The number of ether oxygens (including phenoxy) is 2. The van der Waals surface area contributed by atoms with Crippen LogP contribution in [0.1, 0.15) is 29.6 Å². The number of nitrogens with one attached hydrogen (secondary N) is 1. The normalized spacial score (nSPS) is 29.9. The molecule has 0 amide bonds. The number of esters is 2. The Kier molecular flexibility index (Phi) is 4.11. The summed E-state index contributed by atoms with van der Waals surface area (Å²) in [5.41, 5.74) is 0.274. The second-order valence-corrected chi connectivity index (χ2v) is 5.78. The fraction of sp³-hybridized carbons (Fsp3) is 0.500. The zero-order valence-corrected chi connectivity index (χ0v) is 12.3. The van der Waals surface area contributed by atoms with Gasteiger partial charge in [0.25, 0.3) is 0 Å². The molecular formula is C16H18FNO4. The van der Waals surface area contributed by atoms with Crippen molar-refractivity contribution in [1.29, 1.82) is 0 Å². The summed E-state index contributed by atoms with van der Waals surface area (Å²) in [5, 5.41) is 3.36. The van der Waals surface area contributed by atoms with Crippen molar-refractivity contribution in [1.82, 2.24) is 5.32 Å². The predicted molar refractivity (Wildman–Crippen MR) is 75.7 cm³/mol. The summed E-state index contributed by atoms with van der Waals surface area (Å²) in [4.78, 5) is 24.2. The number of benzene rings is 1. The monoisotopic (exact) mass is 307 g/mol. The Hall–Kier alpha value is -1.95. The molecule has 1 N–H and O–H groups in total. The molecule has 0 spiro atoms. The van der Waals surface area contributed by atoms with Gasteiger partial charge in [0.2, 0.25) is 0 Å². The third kappa shape index (κ3) is 2.83. The molecule has 2 saturated heterocycles. The molecule has 0 unspecified atom stereocenters. The molecule has 0 aliphatic carbocycles. The van der Waals surface area contributed by atoms with E-state index in [9.17, 15) is 14.0 Å². The van der Waals surface area contributed by atoms with Crippen LogP contribution < -0.4 is 5.32 Å². The number of carbonyl (C=O) groups excluding carboxylic acids is 2. The first kappa shape index (κ1) is 15.0. The van der Waals surface area contributed by atoms with Gasteiger partial charge in [0.05, 0.1) is 12.7 Å². The third-order valence-corrected chi connectivity index (χ3v) is 4.44. The summed E-state index contributed by atoms with van der Waals surface area (Å²) < 4.78 is 23.3. The van der Waals surface area contributed by atoms with Crippen LogP contribution in [0.5, 0.6) is 0 Å². The third-order valence-electron chi connectivity index (χ3n) is 4.44. The van der Waals surface area contributed by atoms with E-state index in [1.54, 1.807) is 0 Å². The Balaban J connectivity index is 1.75. The summed E-state index contributed by atoms with van der Waals surface area (Å²) in [5.74, 6) is -1.81. The van der Waals surface area contributed by atoms with E-state index < -0.39 is 23.8 Å². The van der Waals surface area contributed by atoms with E-state index in [1.165, 1.54) is 31.4 Å². The first-order chi connectivity index (χ1) is 10.6. The highest BCUT2D eigenvalue weighted by Crippen LogP contribution is 2.34. The van der Waals surface area contributed by atoms with Crippen molar-refractivity contribution in [3.63, 3.8) is 0 Å². The van der Waals surface area contributed by atoms with Gasteiger partial charge in [0.1, 0.15) is 17.8 Å². The smallest absolute Gasteiger partial charge is 0.338 e. The van der Waals surface area contributed by atoms with Gasteiger partial charge in [0.15, 0.2) is 0 Å². The molecule has 2 fully saturated rings. The summed E-state index contributed by atoms with van der Waals surface area (Å²) in [7, 11) is 1.34. The van der Waals surface area contributed by atoms with Gasteiger partial charge in [-0.3, -0.25) is 4.79 Å². The van der Waals surface area contributed by atoms with Crippen LogP contribution in [0.25, 0.3) is 0 Å². The molecule has 6 heteroatoms. The molecule has 2 aliphatic rings. The second kappa shape index (κ2) is 6.04. The maximum absolute atomic E-state index is 12.9. The number of carbonyl (C=O) groups is 2. The second-order valence-electron chi connectivity index (χ2n) is 5.78. The van der Waals surface area contributed by atoms with Crippen LogP contribution in [0, 0.1) is 11.7 Å². The maximum Gasteiger partial charge on any atom is 0.338 e.